The number of ketones is 1. The van der Waals surface area contributed by atoms with Gasteiger partial charge in [0.25, 0.3) is 0 Å². The highest BCUT2D eigenvalue weighted by Crippen LogP contribution is 2.10. The molecule has 0 fully saturated rings. The molecule has 0 spiro atoms. The summed E-state index contributed by atoms with van der Waals surface area (Å²) in [5.74, 6) is 1.77. The molecule has 0 aromatic carbocycles. The Morgan fingerprint density at radius 2 is 1.90 bits per heavy atom. The Hall–Kier alpha value is 0.0200. The van der Waals surface area contributed by atoms with E-state index >= 15 is 0 Å². The average molecular weight is 160 g/mol. The standard InChI is InChI=1S/C8H16OS/c1-6(2)8(9)7(3)5-10-4/h6-7H,5H2,1-4H3. The van der Waals surface area contributed by atoms with Crippen molar-refractivity contribution in [3.63, 3.8) is 0 Å². The maximum atomic E-state index is 11.2. The molecule has 10 heavy (non-hydrogen) atoms. The Morgan fingerprint density at radius 1 is 1.40 bits per heavy atom. The largest absolute Gasteiger partial charge is 0.299 e. The lowest BCUT2D eigenvalue weighted by atomic mass is 9.99. The van der Waals surface area contributed by atoms with Crippen molar-refractivity contribution in [3.05, 3.63) is 0 Å². The van der Waals surface area contributed by atoms with Gasteiger partial charge in [-0.05, 0) is 6.26 Å². The average Bonchev–Trinajstić information content (AvgIpc) is 1.87. The zero-order chi connectivity index (χ0) is 8.15. The smallest absolute Gasteiger partial charge is 0.139 e. The first-order chi connectivity index (χ1) is 4.59. The van der Waals surface area contributed by atoms with Crippen molar-refractivity contribution in [2.75, 3.05) is 12.0 Å². The topological polar surface area (TPSA) is 17.1 Å². The molecule has 0 aliphatic carbocycles. The maximum Gasteiger partial charge on any atom is 0.139 e. The number of rotatable bonds is 4. The van der Waals surface area contributed by atoms with Crippen LogP contribution in [0.3, 0.4) is 0 Å². The maximum absolute atomic E-state index is 11.2. The van der Waals surface area contributed by atoms with E-state index in [4.69, 9.17) is 0 Å². The van der Waals surface area contributed by atoms with Gasteiger partial charge in [-0.25, -0.2) is 0 Å². The Bertz CT molecular complexity index is 110. The van der Waals surface area contributed by atoms with E-state index in [1.807, 2.05) is 27.0 Å². The molecule has 2 heteroatoms. The molecule has 0 saturated heterocycles. The molecule has 0 heterocycles. The molecule has 0 N–H and O–H groups in total. The quantitative estimate of drug-likeness (QED) is 0.627. The minimum absolute atomic E-state index is 0.196. The Balaban J connectivity index is 3.71. The van der Waals surface area contributed by atoms with Crippen LogP contribution in [0, 0.1) is 11.8 Å². The van der Waals surface area contributed by atoms with Gasteiger partial charge >= 0.3 is 0 Å². The first-order valence-electron chi connectivity index (χ1n) is 3.62. The van der Waals surface area contributed by atoms with E-state index in [9.17, 15) is 4.79 Å². The van der Waals surface area contributed by atoms with Crippen LogP contribution < -0.4 is 0 Å². The van der Waals surface area contributed by atoms with Gasteiger partial charge in [-0.1, -0.05) is 20.8 Å². The predicted molar refractivity (Wildman–Crippen MR) is 47.4 cm³/mol. The number of hydrogen-bond donors (Lipinski definition) is 0. The molecule has 0 bridgehead atoms. The minimum atomic E-state index is 0.196. The summed E-state index contributed by atoms with van der Waals surface area (Å²) in [6.45, 7) is 5.91. The molecule has 0 aliphatic rings. The van der Waals surface area contributed by atoms with Crippen LogP contribution in [0.4, 0.5) is 0 Å². The summed E-state index contributed by atoms with van der Waals surface area (Å²) in [5.41, 5.74) is 0. The third-order valence-electron chi connectivity index (χ3n) is 1.47. The molecule has 1 atom stereocenters. The molecular weight excluding hydrogens is 144 g/mol. The van der Waals surface area contributed by atoms with Crippen LogP contribution in [0.25, 0.3) is 0 Å². The lowest BCUT2D eigenvalue weighted by Gasteiger charge is -2.10. The summed E-state index contributed by atoms with van der Waals surface area (Å²) in [5, 5.41) is 0. The molecule has 60 valence electrons. The second kappa shape index (κ2) is 4.78. The second-order valence-corrected chi connectivity index (χ2v) is 3.82. The van der Waals surface area contributed by atoms with Gasteiger partial charge in [0.05, 0.1) is 0 Å². The van der Waals surface area contributed by atoms with Gasteiger partial charge in [-0.15, -0.1) is 0 Å². The van der Waals surface area contributed by atoms with E-state index < -0.39 is 0 Å². The molecule has 0 saturated carbocycles. The van der Waals surface area contributed by atoms with Crippen molar-refractivity contribution in [1.82, 2.24) is 0 Å². The first-order valence-corrected chi connectivity index (χ1v) is 5.01. The lowest BCUT2D eigenvalue weighted by molar-refractivity contribution is -0.124. The van der Waals surface area contributed by atoms with Crippen LogP contribution >= 0.6 is 11.8 Å². The van der Waals surface area contributed by atoms with Gasteiger partial charge in [-0.3, -0.25) is 4.79 Å². The molecule has 0 aromatic rings. The first kappa shape index (κ1) is 10.0. The number of thioether (sulfide) groups is 1. The van der Waals surface area contributed by atoms with Crippen molar-refractivity contribution >= 4 is 17.5 Å². The SMILES string of the molecule is CSCC(C)C(=O)C(C)C. The van der Waals surface area contributed by atoms with Gasteiger partial charge in [0.2, 0.25) is 0 Å². The fraction of sp³-hybridized carbons (Fsp3) is 0.875. The zero-order valence-electron chi connectivity index (χ0n) is 7.18. The number of Topliss-reactive ketones (excluding diaryl/α,β-unsaturated/α-hetero) is 1. The van der Waals surface area contributed by atoms with E-state index in [2.05, 4.69) is 0 Å². The Morgan fingerprint density at radius 3 is 2.20 bits per heavy atom. The van der Waals surface area contributed by atoms with Crippen molar-refractivity contribution in [3.8, 4) is 0 Å². The normalized spacial score (nSPS) is 13.7. The highest BCUT2D eigenvalue weighted by Gasteiger charge is 2.14. The highest BCUT2D eigenvalue weighted by molar-refractivity contribution is 7.98. The molecule has 0 amide bonds. The van der Waals surface area contributed by atoms with E-state index in [1.54, 1.807) is 11.8 Å². The van der Waals surface area contributed by atoms with Gasteiger partial charge in [0.15, 0.2) is 0 Å². The molecule has 0 aromatic heterocycles. The summed E-state index contributed by atoms with van der Waals surface area (Å²) >= 11 is 1.73. The van der Waals surface area contributed by atoms with Gasteiger partial charge in [0, 0.05) is 17.6 Å². The van der Waals surface area contributed by atoms with Crippen molar-refractivity contribution in [2.24, 2.45) is 11.8 Å². The van der Waals surface area contributed by atoms with Crippen LogP contribution in [0.5, 0.6) is 0 Å². The molecule has 1 unspecified atom stereocenters. The van der Waals surface area contributed by atoms with Crippen molar-refractivity contribution < 1.29 is 4.79 Å². The van der Waals surface area contributed by atoms with Crippen LogP contribution in [-0.2, 0) is 4.79 Å². The predicted octanol–water partition coefficient (Wildman–Crippen LogP) is 2.21. The van der Waals surface area contributed by atoms with Gasteiger partial charge in [-0.2, -0.15) is 11.8 Å². The minimum Gasteiger partial charge on any atom is -0.299 e. The van der Waals surface area contributed by atoms with E-state index in [1.165, 1.54) is 0 Å². The van der Waals surface area contributed by atoms with Crippen LogP contribution in [-0.4, -0.2) is 17.8 Å². The number of carbonyl (C=O) groups is 1. The van der Waals surface area contributed by atoms with Gasteiger partial charge in [0.1, 0.15) is 5.78 Å². The third kappa shape index (κ3) is 3.25. The van der Waals surface area contributed by atoms with Crippen LogP contribution in [0.15, 0.2) is 0 Å². The lowest BCUT2D eigenvalue weighted by Crippen LogP contribution is -2.18. The van der Waals surface area contributed by atoms with Crippen molar-refractivity contribution in [1.29, 1.82) is 0 Å². The summed E-state index contributed by atoms with van der Waals surface area (Å²) in [4.78, 5) is 11.2. The molecule has 0 aliphatic heterocycles. The summed E-state index contributed by atoms with van der Waals surface area (Å²) in [6.07, 6.45) is 2.03. The Labute approximate surface area is 67.6 Å². The molecule has 0 rings (SSSR count). The zero-order valence-corrected chi connectivity index (χ0v) is 7.99. The van der Waals surface area contributed by atoms with E-state index in [0.29, 0.717) is 5.78 Å². The third-order valence-corrected chi connectivity index (χ3v) is 2.30. The fourth-order valence-electron chi connectivity index (χ4n) is 0.901. The fourth-order valence-corrected chi connectivity index (χ4v) is 1.57. The number of hydrogen-bond acceptors (Lipinski definition) is 2. The van der Waals surface area contributed by atoms with E-state index in [0.717, 1.165) is 5.75 Å². The molecule has 1 nitrogen and oxygen atoms in total. The second-order valence-electron chi connectivity index (χ2n) is 2.91. The summed E-state index contributed by atoms with van der Waals surface area (Å²) in [6, 6.07) is 0. The monoisotopic (exact) mass is 160 g/mol. The molecule has 0 radical (unpaired) electrons. The summed E-state index contributed by atoms with van der Waals surface area (Å²) in [7, 11) is 0. The highest BCUT2D eigenvalue weighted by atomic mass is 32.2. The van der Waals surface area contributed by atoms with Crippen molar-refractivity contribution in [2.45, 2.75) is 20.8 Å². The van der Waals surface area contributed by atoms with Gasteiger partial charge < -0.3 is 0 Å². The van der Waals surface area contributed by atoms with Crippen LogP contribution in [0.1, 0.15) is 20.8 Å². The number of carbonyl (C=O) groups excluding carboxylic acids is 1. The summed E-state index contributed by atoms with van der Waals surface area (Å²) < 4.78 is 0. The Kier molecular flexibility index (Phi) is 4.79. The molecular formula is C8H16OS. The van der Waals surface area contributed by atoms with E-state index in [-0.39, 0.29) is 11.8 Å². The van der Waals surface area contributed by atoms with Crippen LogP contribution in [0.2, 0.25) is 0 Å².